The van der Waals surface area contributed by atoms with E-state index in [9.17, 15) is 0 Å². The van der Waals surface area contributed by atoms with Gasteiger partial charge in [0.05, 0.1) is 12.0 Å². The minimum absolute atomic E-state index is 0.504. The molecule has 0 bridgehead atoms. The summed E-state index contributed by atoms with van der Waals surface area (Å²) in [6, 6.07) is 0.741. The lowest BCUT2D eigenvalue weighted by Crippen LogP contribution is -2.35. The highest BCUT2D eigenvalue weighted by atomic mass is 32.2. The lowest BCUT2D eigenvalue weighted by atomic mass is 10.1. The molecule has 100 valence electrons. The Bertz CT molecular complexity index is 391. The van der Waals surface area contributed by atoms with Crippen LogP contribution in [0.3, 0.4) is 0 Å². The third-order valence-corrected chi connectivity index (χ3v) is 5.81. The van der Waals surface area contributed by atoms with E-state index in [0.717, 1.165) is 19.1 Å². The van der Waals surface area contributed by atoms with Gasteiger partial charge < -0.3 is 9.88 Å². The number of nitrogens with one attached hydrogen (secondary N) is 1. The molecule has 0 unspecified atom stereocenters. The Morgan fingerprint density at radius 1 is 1.44 bits per heavy atom. The Morgan fingerprint density at radius 2 is 2.22 bits per heavy atom. The van der Waals surface area contributed by atoms with Crippen molar-refractivity contribution in [2.75, 3.05) is 12.8 Å². The Hall–Kier alpha value is -0.480. The van der Waals surface area contributed by atoms with Crippen molar-refractivity contribution in [1.29, 1.82) is 0 Å². The van der Waals surface area contributed by atoms with Crippen LogP contribution in [-0.4, -0.2) is 27.1 Å². The van der Waals surface area contributed by atoms with Crippen molar-refractivity contribution in [3.05, 3.63) is 18.2 Å². The van der Waals surface area contributed by atoms with Crippen molar-refractivity contribution in [1.82, 2.24) is 14.9 Å². The molecule has 4 heteroatoms. The molecule has 2 fully saturated rings. The number of hydrogen-bond donors (Lipinski definition) is 1. The molecule has 1 heterocycles. The van der Waals surface area contributed by atoms with Gasteiger partial charge in [-0.2, -0.15) is 11.8 Å². The lowest BCUT2D eigenvalue weighted by molar-refractivity contribution is 0.521. The molecule has 3 nitrogen and oxygen atoms in total. The van der Waals surface area contributed by atoms with Crippen LogP contribution in [0, 0.1) is 0 Å². The maximum absolute atomic E-state index is 4.29. The predicted molar refractivity (Wildman–Crippen MR) is 76.9 cm³/mol. The van der Waals surface area contributed by atoms with Crippen molar-refractivity contribution >= 4 is 11.8 Å². The largest absolute Gasteiger partial charge is 0.330 e. The van der Waals surface area contributed by atoms with E-state index in [4.69, 9.17) is 0 Å². The monoisotopic (exact) mass is 265 g/mol. The number of nitrogens with zero attached hydrogens (tertiary/aromatic N) is 2. The maximum atomic E-state index is 4.29. The van der Waals surface area contributed by atoms with Crippen LogP contribution in [0.4, 0.5) is 0 Å². The summed E-state index contributed by atoms with van der Waals surface area (Å²) in [7, 11) is 0. The molecule has 0 amide bonds. The number of thioether (sulfide) groups is 1. The van der Waals surface area contributed by atoms with Gasteiger partial charge in [-0.25, -0.2) is 4.98 Å². The molecule has 2 saturated carbocycles. The molecule has 0 saturated heterocycles. The topological polar surface area (TPSA) is 29.9 Å². The molecule has 1 aromatic heterocycles. The SMILES string of the molecule is CSC1(CNCc2cncn2C2CC2)CCCC1. The highest BCUT2D eigenvalue weighted by Crippen LogP contribution is 2.39. The summed E-state index contributed by atoms with van der Waals surface area (Å²) in [6.45, 7) is 2.11. The maximum Gasteiger partial charge on any atom is 0.0951 e. The standard InChI is InChI=1S/C14H23N3S/c1-18-14(6-2-3-7-14)10-15-8-13-9-16-11-17(13)12-4-5-12/h9,11-12,15H,2-8,10H2,1H3. The van der Waals surface area contributed by atoms with E-state index in [-0.39, 0.29) is 0 Å². The summed E-state index contributed by atoms with van der Waals surface area (Å²) in [5.41, 5.74) is 1.35. The number of rotatable bonds is 6. The predicted octanol–water partition coefficient (Wildman–Crippen LogP) is 2.98. The molecule has 2 aliphatic rings. The molecule has 1 aromatic rings. The molecule has 0 aliphatic heterocycles. The second-order valence-corrected chi connectivity index (χ2v) is 7.00. The zero-order chi connectivity index (χ0) is 12.4. The quantitative estimate of drug-likeness (QED) is 0.857. The van der Waals surface area contributed by atoms with Crippen LogP contribution in [-0.2, 0) is 6.54 Å². The minimum atomic E-state index is 0.504. The van der Waals surface area contributed by atoms with Crippen LogP contribution in [0.2, 0.25) is 0 Å². The van der Waals surface area contributed by atoms with Crippen LogP contribution < -0.4 is 5.32 Å². The fourth-order valence-corrected chi connectivity index (χ4v) is 3.98. The normalized spacial score (nSPS) is 22.5. The summed E-state index contributed by atoms with van der Waals surface area (Å²) in [6.07, 6.45) is 14.5. The number of imidazole rings is 1. The highest BCUT2D eigenvalue weighted by Gasteiger charge is 2.32. The molecule has 18 heavy (non-hydrogen) atoms. The second kappa shape index (κ2) is 5.25. The van der Waals surface area contributed by atoms with E-state index < -0.39 is 0 Å². The van der Waals surface area contributed by atoms with E-state index in [1.54, 1.807) is 0 Å². The van der Waals surface area contributed by atoms with Crippen LogP contribution in [0.15, 0.2) is 12.5 Å². The molecule has 0 atom stereocenters. The summed E-state index contributed by atoms with van der Waals surface area (Å²) in [5, 5.41) is 3.66. The van der Waals surface area contributed by atoms with Gasteiger partial charge in [-0.05, 0) is 31.9 Å². The Labute approximate surface area is 114 Å². The van der Waals surface area contributed by atoms with Crippen molar-refractivity contribution in [2.45, 2.75) is 55.9 Å². The second-order valence-electron chi connectivity index (χ2n) is 5.72. The molecular formula is C14H23N3S. The van der Waals surface area contributed by atoms with Gasteiger partial charge in [-0.1, -0.05) is 12.8 Å². The summed E-state index contributed by atoms with van der Waals surface area (Å²) >= 11 is 2.05. The molecule has 0 aromatic carbocycles. The van der Waals surface area contributed by atoms with Crippen molar-refractivity contribution in [3.8, 4) is 0 Å². The lowest BCUT2D eigenvalue weighted by Gasteiger charge is -2.27. The van der Waals surface area contributed by atoms with Crippen LogP contribution in [0.5, 0.6) is 0 Å². The Morgan fingerprint density at radius 3 is 2.89 bits per heavy atom. The van der Waals surface area contributed by atoms with Gasteiger partial charge in [0, 0.05) is 30.1 Å². The molecule has 0 radical (unpaired) electrons. The highest BCUT2D eigenvalue weighted by molar-refractivity contribution is 8.00. The first-order chi connectivity index (χ1) is 8.83. The van der Waals surface area contributed by atoms with Gasteiger partial charge in [0.1, 0.15) is 0 Å². The average molecular weight is 265 g/mol. The van der Waals surface area contributed by atoms with E-state index in [0.29, 0.717) is 4.75 Å². The van der Waals surface area contributed by atoms with Crippen LogP contribution in [0.1, 0.15) is 50.3 Å². The van der Waals surface area contributed by atoms with Crippen LogP contribution >= 0.6 is 11.8 Å². The van der Waals surface area contributed by atoms with Gasteiger partial charge in [0.2, 0.25) is 0 Å². The van der Waals surface area contributed by atoms with Gasteiger partial charge in [0.25, 0.3) is 0 Å². The fourth-order valence-electron chi connectivity index (χ4n) is 3.04. The molecule has 0 spiro atoms. The molecule has 3 rings (SSSR count). The number of hydrogen-bond acceptors (Lipinski definition) is 3. The molecular weight excluding hydrogens is 242 g/mol. The Kier molecular flexibility index (Phi) is 3.66. The van der Waals surface area contributed by atoms with Crippen molar-refractivity contribution < 1.29 is 0 Å². The van der Waals surface area contributed by atoms with Gasteiger partial charge in [-0.15, -0.1) is 0 Å². The summed E-state index contributed by atoms with van der Waals surface area (Å²) < 4.78 is 2.86. The minimum Gasteiger partial charge on any atom is -0.330 e. The van der Waals surface area contributed by atoms with E-state index in [1.165, 1.54) is 44.2 Å². The summed E-state index contributed by atoms with van der Waals surface area (Å²) in [5.74, 6) is 0. The number of aromatic nitrogens is 2. The first kappa shape index (κ1) is 12.5. The summed E-state index contributed by atoms with van der Waals surface area (Å²) in [4.78, 5) is 4.29. The zero-order valence-electron chi connectivity index (χ0n) is 11.2. The molecule has 1 N–H and O–H groups in total. The zero-order valence-corrected chi connectivity index (χ0v) is 12.0. The van der Waals surface area contributed by atoms with E-state index >= 15 is 0 Å². The third-order valence-electron chi connectivity index (χ3n) is 4.39. The molecule has 2 aliphatic carbocycles. The van der Waals surface area contributed by atoms with Gasteiger partial charge in [0.15, 0.2) is 0 Å². The Balaban J connectivity index is 1.53. The third kappa shape index (κ3) is 2.59. The van der Waals surface area contributed by atoms with Gasteiger partial charge in [-0.3, -0.25) is 0 Å². The van der Waals surface area contributed by atoms with E-state index in [1.807, 2.05) is 12.5 Å². The van der Waals surface area contributed by atoms with Gasteiger partial charge >= 0.3 is 0 Å². The van der Waals surface area contributed by atoms with Crippen LogP contribution in [0.25, 0.3) is 0 Å². The first-order valence-electron chi connectivity index (χ1n) is 7.10. The first-order valence-corrected chi connectivity index (χ1v) is 8.32. The van der Waals surface area contributed by atoms with E-state index in [2.05, 4.69) is 32.9 Å². The van der Waals surface area contributed by atoms with Crippen molar-refractivity contribution in [2.24, 2.45) is 0 Å². The fraction of sp³-hybridized carbons (Fsp3) is 0.786. The smallest absolute Gasteiger partial charge is 0.0951 e. The average Bonchev–Trinajstić information content (AvgIpc) is 2.95. The van der Waals surface area contributed by atoms with Crippen molar-refractivity contribution in [3.63, 3.8) is 0 Å².